The highest BCUT2D eigenvalue weighted by Gasteiger charge is 2.47. The lowest BCUT2D eigenvalue weighted by molar-refractivity contribution is 0.000511. The largest absolute Gasteiger partial charge is 0.381 e. The van der Waals surface area contributed by atoms with Gasteiger partial charge >= 0.3 is 0 Å². The highest BCUT2D eigenvalue weighted by Crippen LogP contribution is 2.51. The fourth-order valence-corrected chi connectivity index (χ4v) is 4.27. The van der Waals surface area contributed by atoms with Crippen molar-refractivity contribution in [2.24, 2.45) is 5.41 Å². The Morgan fingerprint density at radius 1 is 1.20 bits per heavy atom. The molecule has 1 unspecified atom stereocenters. The third-order valence-corrected chi connectivity index (χ3v) is 5.69. The van der Waals surface area contributed by atoms with Crippen molar-refractivity contribution in [3.8, 4) is 0 Å². The summed E-state index contributed by atoms with van der Waals surface area (Å²) in [7, 11) is 0. The SMILES string of the molecule is CCc1cccc(C(=O)NC2c3ccccc3CC23CCOCC3)n1. The minimum atomic E-state index is -0.0807. The van der Waals surface area contributed by atoms with Gasteiger partial charge in [0.2, 0.25) is 0 Å². The van der Waals surface area contributed by atoms with E-state index in [1.807, 2.05) is 19.1 Å². The fourth-order valence-electron chi connectivity index (χ4n) is 4.27. The number of aromatic nitrogens is 1. The van der Waals surface area contributed by atoms with Crippen LogP contribution in [0.2, 0.25) is 0 Å². The van der Waals surface area contributed by atoms with Crippen molar-refractivity contribution in [3.05, 3.63) is 65.0 Å². The summed E-state index contributed by atoms with van der Waals surface area (Å²) >= 11 is 0. The molecule has 130 valence electrons. The smallest absolute Gasteiger partial charge is 0.270 e. The molecular weight excluding hydrogens is 312 g/mol. The van der Waals surface area contributed by atoms with E-state index in [9.17, 15) is 4.79 Å². The highest BCUT2D eigenvalue weighted by molar-refractivity contribution is 5.92. The number of hydrogen-bond donors (Lipinski definition) is 1. The molecule has 1 aromatic carbocycles. The fraction of sp³-hybridized carbons (Fsp3) is 0.429. The maximum Gasteiger partial charge on any atom is 0.270 e. The first-order chi connectivity index (χ1) is 12.2. The first-order valence-electron chi connectivity index (χ1n) is 9.14. The van der Waals surface area contributed by atoms with E-state index in [0.29, 0.717) is 5.69 Å². The Labute approximate surface area is 148 Å². The summed E-state index contributed by atoms with van der Waals surface area (Å²) in [5, 5.41) is 3.31. The number of benzene rings is 1. The van der Waals surface area contributed by atoms with Crippen LogP contribution in [0, 0.1) is 5.41 Å². The quantitative estimate of drug-likeness (QED) is 0.934. The number of rotatable bonds is 3. The highest BCUT2D eigenvalue weighted by atomic mass is 16.5. The molecule has 0 saturated carbocycles. The minimum Gasteiger partial charge on any atom is -0.381 e. The van der Waals surface area contributed by atoms with Gasteiger partial charge in [-0.25, -0.2) is 4.98 Å². The molecule has 1 N–H and O–H groups in total. The molecular formula is C21H24N2O2. The van der Waals surface area contributed by atoms with Crippen LogP contribution in [0.1, 0.15) is 53.1 Å². The summed E-state index contributed by atoms with van der Waals surface area (Å²) in [5.41, 5.74) is 4.13. The van der Waals surface area contributed by atoms with Gasteiger partial charge in [0.15, 0.2) is 0 Å². The van der Waals surface area contributed by atoms with Crippen molar-refractivity contribution in [2.45, 2.75) is 38.6 Å². The molecule has 2 aromatic rings. The van der Waals surface area contributed by atoms with E-state index in [2.05, 4.69) is 34.6 Å². The van der Waals surface area contributed by atoms with Crippen LogP contribution in [-0.4, -0.2) is 24.1 Å². The zero-order valence-corrected chi connectivity index (χ0v) is 14.6. The van der Waals surface area contributed by atoms with E-state index in [1.54, 1.807) is 6.07 Å². The van der Waals surface area contributed by atoms with Crippen LogP contribution in [-0.2, 0) is 17.6 Å². The summed E-state index contributed by atoms with van der Waals surface area (Å²) in [6.45, 7) is 3.59. The van der Waals surface area contributed by atoms with Crippen LogP contribution in [0.3, 0.4) is 0 Å². The van der Waals surface area contributed by atoms with Gasteiger partial charge in [-0.2, -0.15) is 0 Å². The molecule has 1 atom stereocenters. The molecule has 1 aromatic heterocycles. The van der Waals surface area contributed by atoms with Gasteiger partial charge in [0.25, 0.3) is 5.91 Å². The van der Waals surface area contributed by atoms with Crippen LogP contribution >= 0.6 is 0 Å². The molecule has 1 aliphatic heterocycles. The average molecular weight is 336 g/mol. The third-order valence-electron chi connectivity index (χ3n) is 5.69. The summed E-state index contributed by atoms with van der Waals surface area (Å²) in [5.74, 6) is -0.0807. The van der Waals surface area contributed by atoms with Gasteiger partial charge in [0.1, 0.15) is 5.69 Å². The van der Waals surface area contributed by atoms with Crippen molar-refractivity contribution in [1.29, 1.82) is 0 Å². The zero-order valence-electron chi connectivity index (χ0n) is 14.6. The van der Waals surface area contributed by atoms with E-state index >= 15 is 0 Å². The second kappa shape index (κ2) is 6.60. The van der Waals surface area contributed by atoms with E-state index in [0.717, 1.165) is 44.6 Å². The lowest BCUT2D eigenvalue weighted by Crippen LogP contribution is -2.42. The Hall–Kier alpha value is -2.20. The maximum absolute atomic E-state index is 12.9. The van der Waals surface area contributed by atoms with Crippen molar-refractivity contribution in [3.63, 3.8) is 0 Å². The first-order valence-corrected chi connectivity index (χ1v) is 9.14. The van der Waals surface area contributed by atoms with Crippen LogP contribution in [0.5, 0.6) is 0 Å². The number of fused-ring (bicyclic) bond motifs is 1. The van der Waals surface area contributed by atoms with Crippen molar-refractivity contribution < 1.29 is 9.53 Å². The van der Waals surface area contributed by atoms with Crippen LogP contribution < -0.4 is 5.32 Å². The molecule has 0 bridgehead atoms. The predicted octanol–water partition coefficient (Wildman–Crippen LogP) is 3.47. The topological polar surface area (TPSA) is 51.2 Å². The Morgan fingerprint density at radius 3 is 2.80 bits per heavy atom. The Morgan fingerprint density at radius 2 is 2.00 bits per heavy atom. The standard InChI is InChI=1S/C21H24N2O2/c1-2-16-7-5-9-18(22-16)20(24)23-19-17-8-4-3-6-15(17)14-21(19)10-12-25-13-11-21/h3-9,19H,2,10-14H2,1H3,(H,23,24). The van der Waals surface area contributed by atoms with Gasteiger partial charge in [-0.1, -0.05) is 37.3 Å². The second-order valence-electron chi connectivity index (χ2n) is 7.12. The molecule has 1 saturated heterocycles. The molecule has 2 aliphatic rings. The number of nitrogens with zero attached hydrogens (tertiary/aromatic N) is 1. The second-order valence-corrected chi connectivity index (χ2v) is 7.12. The van der Waals surface area contributed by atoms with Crippen LogP contribution in [0.25, 0.3) is 0 Å². The average Bonchev–Trinajstić information content (AvgIpc) is 2.95. The molecule has 1 fully saturated rings. The number of hydrogen-bond acceptors (Lipinski definition) is 3. The summed E-state index contributed by atoms with van der Waals surface area (Å²) in [4.78, 5) is 17.4. The first kappa shape index (κ1) is 16.3. The van der Waals surface area contributed by atoms with E-state index in [1.165, 1.54) is 11.1 Å². The lowest BCUT2D eigenvalue weighted by Gasteiger charge is -2.39. The van der Waals surface area contributed by atoms with Gasteiger partial charge in [-0.05, 0) is 48.9 Å². The van der Waals surface area contributed by atoms with E-state index < -0.39 is 0 Å². The number of aryl methyl sites for hydroxylation is 1. The summed E-state index contributed by atoms with van der Waals surface area (Å²) in [6, 6.07) is 14.2. The Bertz CT molecular complexity index is 781. The lowest BCUT2D eigenvalue weighted by atomic mass is 9.74. The molecule has 4 nitrogen and oxygen atoms in total. The van der Waals surface area contributed by atoms with Gasteiger partial charge in [0.05, 0.1) is 6.04 Å². The van der Waals surface area contributed by atoms with Crippen LogP contribution in [0.4, 0.5) is 0 Å². The summed E-state index contributed by atoms with van der Waals surface area (Å²) < 4.78 is 5.60. The number of carbonyl (C=O) groups is 1. The number of pyridine rings is 1. The number of ether oxygens (including phenoxy) is 1. The molecule has 4 rings (SSSR count). The molecule has 4 heteroatoms. The maximum atomic E-state index is 12.9. The molecule has 1 amide bonds. The molecule has 25 heavy (non-hydrogen) atoms. The molecule has 0 radical (unpaired) electrons. The van der Waals surface area contributed by atoms with Crippen molar-refractivity contribution in [2.75, 3.05) is 13.2 Å². The zero-order chi connectivity index (χ0) is 17.3. The number of nitrogens with one attached hydrogen (secondary N) is 1. The van der Waals surface area contributed by atoms with Gasteiger partial charge < -0.3 is 10.1 Å². The molecule has 2 heterocycles. The normalized spacial score (nSPS) is 21.1. The van der Waals surface area contributed by atoms with Crippen molar-refractivity contribution in [1.82, 2.24) is 10.3 Å². The minimum absolute atomic E-state index is 0.0344. The monoisotopic (exact) mass is 336 g/mol. The van der Waals surface area contributed by atoms with E-state index in [4.69, 9.17) is 4.74 Å². The van der Waals surface area contributed by atoms with E-state index in [-0.39, 0.29) is 17.4 Å². The van der Waals surface area contributed by atoms with Crippen molar-refractivity contribution >= 4 is 5.91 Å². The van der Waals surface area contributed by atoms with Gasteiger partial charge in [-0.3, -0.25) is 4.79 Å². The number of amides is 1. The van der Waals surface area contributed by atoms with Crippen LogP contribution in [0.15, 0.2) is 42.5 Å². The van der Waals surface area contributed by atoms with Gasteiger partial charge in [0, 0.05) is 24.3 Å². The Kier molecular flexibility index (Phi) is 4.30. The Balaban J connectivity index is 1.65. The number of carbonyl (C=O) groups excluding carboxylic acids is 1. The third kappa shape index (κ3) is 2.95. The molecule has 1 aliphatic carbocycles. The molecule has 1 spiro atoms. The predicted molar refractivity (Wildman–Crippen MR) is 96.5 cm³/mol. The van der Waals surface area contributed by atoms with Gasteiger partial charge in [-0.15, -0.1) is 0 Å². The summed E-state index contributed by atoms with van der Waals surface area (Å²) in [6.07, 6.45) is 3.80.